The molecular weight excluding hydrogens is 274 g/mol. The number of hydrogen-bond acceptors (Lipinski definition) is 5. The third kappa shape index (κ3) is 4.57. The molecule has 0 radical (unpaired) electrons. The highest BCUT2D eigenvalue weighted by Crippen LogP contribution is 2.39. The Morgan fingerprint density at radius 3 is 2.64 bits per heavy atom. The maximum Gasteiger partial charge on any atom is 0.225 e. The number of aromatic nitrogens is 2. The van der Waals surface area contributed by atoms with E-state index >= 15 is 0 Å². The van der Waals surface area contributed by atoms with Crippen molar-refractivity contribution in [3.05, 3.63) is 11.8 Å². The van der Waals surface area contributed by atoms with Crippen molar-refractivity contribution >= 4 is 11.8 Å². The van der Waals surface area contributed by atoms with Gasteiger partial charge in [-0.25, -0.2) is 4.98 Å². The van der Waals surface area contributed by atoms with E-state index in [0.29, 0.717) is 12.0 Å². The third-order valence-corrected chi connectivity index (χ3v) is 4.48. The molecule has 5 nitrogen and oxygen atoms in total. The monoisotopic (exact) mass is 303 g/mol. The lowest BCUT2D eigenvalue weighted by atomic mass is 9.95. The van der Waals surface area contributed by atoms with Gasteiger partial charge in [-0.3, -0.25) is 0 Å². The van der Waals surface area contributed by atoms with Gasteiger partial charge in [0.05, 0.1) is 5.69 Å². The standard InChI is InChI=1S/C17H29N5/c1-12(2)20-17-21-15(14-3-4-14)11-16(22-17)19-10-7-13-5-8-18-9-6-13/h11-14,18H,3-10H2,1-2H3,(H2,19,20,21,22). The van der Waals surface area contributed by atoms with E-state index in [0.717, 1.165) is 24.2 Å². The van der Waals surface area contributed by atoms with Crippen molar-refractivity contribution in [3.63, 3.8) is 0 Å². The van der Waals surface area contributed by atoms with Crippen molar-refractivity contribution in [2.24, 2.45) is 5.92 Å². The second kappa shape index (κ2) is 7.27. The van der Waals surface area contributed by atoms with Crippen LogP contribution in [0.15, 0.2) is 6.07 Å². The molecule has 1 aromatic heterocycles. The van der Waals surface area contributed by atoms with E-state index in [2.05, 4.69) is 45.8 Å². The quantitative estimate of drug-likeness (QED) is 0.723. The molecule has 22 heavy (non-hydrogen) atoms. The van der Waals surface area contributed by atoms with Gasteiger partial charge in [0, 0.05) is 24.6 Å². The molecule has 122 valence electrons. The number of nitrogens with zero attached hydrogens (tertiary/aromatic N) is 2. The maximum absolute atomic E-state index is 4.66. The first-order valence-corrected chi connectivity index (χ1v) is 8.81. The van der Waals surface area contributed by atoms with Crippen molar-refractivity contribution in [2.75, 3.05) is 30.3 Å². The van der Waals surface area contributed by atoms with Gasteiger partial charge < -0.3 is 16.0 Å². The van der Waals surface area contributed by atoms with Gasteiger partial charge in [0.25, 0.3) is 0 Å². The lowest BCUT2D eigenvalue weighted by Crippen LogP contribution is -2.28. The molecule has 3 N–H and O–H groups in total. The van der Waals surface area contributed by atoms with E-state index in [1.54, 1.807) is 0 Å². The van der Waals surface area contributed by atoms with Crippen LogP contribution in [0.1, 0.15) is 57.6 Å². The molecule has 0 atom stereocenters. The zero-order chi connectivity index (χ0) is 15.4. The Bertz CT molecular complexity index is 478. The highest BCUT2D eigenvalue weighted by atomic mass is 15.2. The van der Waals surface area contributed by atoms with Crippen LogP contribution in [0, 0.1) is 5.92 Å². The summed E-state index contributed by atoms with van der Waals surface area (Å²) in [6.07, 6.45) is 6.38. The van der Waals surface area contributed by atoms with Crippen LogP contribution in [0.5, 0.6) is 0 Å². The van der Waals surface area contributed by atoms with Crippen molar-refractivity contribution in [3.8, 4) is 0 Å². The Morgan fingerprint density at radius 2 is 1.95 bits per heavy atom. The summed E-state index contributed by atoms with van der Waals surface area (Å²) < 4.78 is 0. The minimum Gasteiger partial charge on any atom is -0.370 e. The normalized spacial score (nSPS) is 19.4. The number of nitrogens with one attached hydrogen (secondary N) is 3. The zero-order valence-corrected chi connectivity index (χ0v) is 13.9. The van der Waals surface area contributed by atoms with Gasteiger partial charge in [-0.15, -0.1) is 0 Å². The predicted octanol–water partition coefficient (Wildman–Crippen LogP) is 2.98. The molecule has 0 spiro atoms. The Hall–Kier alpha value is -1.36. The first kappa shape index (κ1) is 15.5. The second-order valence-corrected chi connectivity index (χ2v) is 6.98. The molecule has 1 aromatic rings. The van der Waals surface area contributed by atoms with Crippen LogP contribution in [0.2, 0.25) is 0 Å². The van der Waals surface area contributed by atoms with E-state index in [-0.39, 0.29) is 0 Å². The van der Waals surface area contributed by atoms with Gasteiger partial charge in [-0.2, -0.15) is 4.98 Å². The lowest BCUT2D eigenvalue weighted by Gasteiger charge is -2.22. The molecule has 0 bridgehead atoms. The van der Waals surface area contributed by atoms with Crippen molar-refractivity contribution in [1.29, 1.82) is 0 Å². The number of rotatable bonds is 7. The van der Waals surface area contributed by atoms with Gasteiger partial charge in [0.2, 0.25) is 5.95 Å². The molecule has 1 aliphatic heterocycles. The average molecular weight is 303 g/mol. The van der Waals surface area contributed by atoms with Gasteiger partial charge >= 0.3 is 0 Å². The molecule has 0 amide bonds. The fourth-order valence-corrected chi connectivity index (χ4v) is 3.04. The van der Waals surface area contributed by atoms with Crippen LogP contribution in [0.3, 0.4) is 0 Å². The van der Waals surface area contributed by atoms with Crippen molar-refractivity contribution in [2.45, 2.75) is 57.9 Å². The van der Waals surface area contributed by atoms with Crippen LogP contribution in [-0.4, -0.2) is 35.6 Å². The molecule has 0 unspecified atom stereocenters. The summed E-state index contributed by atoms with van der Waals surface area (Å²) in [5.74, 6) is 3.25. The largest absolute Gasteiger partial charge is 0.370 e. The summed E-state index contributed by atoms with van der Waals surface area (Å²) in [6.45, 7) is 7.60. The Balaban J connectivity index is 1.57. The van der Waals surface area contributed by atoms with Gasteiger partial charge in [0.15, 0.2) is 0 Å². The average Bonchev–Trinajstić information content (AvgIpc) is 3.32. The summed E-state index contributed by atoms with van der Waals surface area (Å²) in [6, 6.07) is 2.50. The van der Waals surface area contributed by atoms with Gasteiger partial charge in [-0.1, -0.05) is 0 Å². The van der Waals surface area contributed by atoms with Crippen LogP contribution >= 0.6 is 0 Å². The summed E-state index contributed by atoms with van der Waals surface area (Å²) in [7, 11) is 0. The second-order valence-electron chi connectivity index (χ2n) is 6.98. The minimum absolute atomic E-state index is 0.358. The highest BCUT2D eigenvalue weighted by Gasteiger charge is 2.26. The summed E-state index contributed by atoms with van der Waals surface area (Å²) >= 11 is 0. The summed E-state index contributed by atoms with van der Waals surface area (Å²) in [5.41, 5.74) is 1.20. The molecule has 2 fully saturated rings. The van der Waals surface area contributed by atoms with Crippen molar-refractivity contribution in [1.82, 2.24) is 15.3 Å². The molecule has 5 heteroatoms. The molecular formula is C17H29N5. The fourth-order valence-electron chi connectivity index (χ4n) is 3.04. The van der Waals surface area contributed by atoms with E-state index in [1.807, 2.05) is 0 Å². The Kier molecular flexibility index (Phi) is 5.13. The Morgan fingerprint density at radius 1 is 1.18 bits per heavy atom. The van der Waals surface area contributed by atoms with Crippen LogP contribution < -0.4 is 16.0 Å². The van der Waals surface area contributed by atoms with Crippen LogP contribution in [-0.2, 0) is 0 Å². The molecule has 0 aromatic carbocycles. The first-order chi connectivity index (χ1) is 10.7. The molecule has 1 saturated heterocycles. The van der Waals surface area contributed by atoms with Crippen LogP contribution in [0.4, 0.5) is 11.8 Å². The molecule has 1 aliphatic carbocycles. The Labute approximate surface area is 133 Å². The summed E-state index contributed by atoms with van der Waals surface area (Å²) in [4.78, 5) is 9.28. The van der Waals surface area contributed by atoms with E-state index in [1.165, 1.54) is 50.9 Å². The van der Waals surface area contributed by atoms with Gasteiger partial charge in [-0.05, 0) is 65.0 Å². The first-order valence-electron chi connectivity index (χ1n) is 8.81. The molecule has 3 rings (SSSR count). The smallest absolute Gasteiger partial charge is 0.225 e. The molecule has 2 heterocycles. The predicted molar refractivity (Wildman–Crippen MR) is 91.5 cm³/mol. The lowest BCUT2D eigenvalue weighted by molar-refractivity contribution is 0.361. The van der Waals surface area contributed by atoms with E-state index < -0.39 is 0 Å². The fraction of sp³-hybridized carbons (Fsp3) is 0.765. The number of piperidine rings is 1. The topological polar surface area (TPSA) is 61.9 Å². The summed E-state index contributed by atoms with van der Waals surface area (Å²) in [5, 5.41) is 10.3. The SMILES string of the molecule is CC(C)Nc1nc(NCCC2CCNCC2)cc(C2CC2)n1. The molecule has 1 saturated carbocycles. The van der Waals surface area contributed by atoms with E-state index in [4.69, 9.17) is 0 Å². The number of anilines is 2. The molecule has 2 aliphatic rings. The highest BCUT2D eigenvalue weighted by molar-refractivity contribution is 5.44. The zero-order valence-electron chi connectivity index (χ0n) is 13.9. The number of hydrogen-bond donors (Lipinski definition) is 3. The van der Waals surface area contributed by atoms with E-state index in [9.17, 15) is 0 Å². The minimum atomic E-state index is 0.358. The van der Waals surface area contributed by atoms with Crippen LogP contribution in [0.25, 0.3) is 0 Å². The maximum atomic E-state index is 4.66. The van der Waals surface area contributed by atoms with Crippen molar-refractivity contribution < 1.29 is 0 Å². The third-order valence-electron chi connectivity index (χ3n) is 4.48. The van der Waals surface area contributed by atoms with Gasteiger partial charge in [0.1, 0.15) is 5.82 Å².